The summed E-state index contributed by atoms with van der Waals surface area (Å²) in [4.78, 5) is 39.2. The molecule has 2 rings (SSSR count). The van der Waals surface area contributed by atoms with Crippen molar-refractivity contribution in [1.29, 1.82) is 0 Å². The van der Waals surface area contributed by atoms with Crippen LogP contribution in [0.15, 0.2) is 54.6 Å². The van der Waals surface area contributed by atoms with Crippen molar-refractivity contribution in [1.82, 2.24) is 26.6 Å². The molecule has 0 heterocycles. The fourth-order valence-corrected chi connectivity index (χ4v) is 4.10. The van der Waals surface area contributed by atoms with Gasteiger partial charge in [0, 0.05) is 19.5 Å². The molecule has 0 aromatic heterocycles. The van der Waals surface area contributed by atoms with Crippen LogP contribution in [0.4, 0.5) is 0 Å². The first-order valence-corrected chi connectivity index (χ1v) is 13.3. The Hall–Kier alpha value is -3.43. The van der Waals surface area contributed by atoms with Crippen molar-refractivity contribution in [2.24, 2.45) is 0 Å². The van der Waals surface area contributed by atoms with E-state index in [0.29, 0.717) is 18.9 Å². The molecule has 0 fully saturated rings. The summed E-state index contributed by atoms with van der Waals surface area (Å²) in [6.45, 7) is 4.99. The standard InChI is InChI=1S/C29H43N5O4/c1-20(2)32-17-9-8-12-24(27(36)31-4)33-29(38)26(19-22-13-15-23(35)16-14-22)34-28(37)25(30-3)18-21-10-6-5-7-11-21/h5-7,10-11,13-16,20,24-26,30,32,35H,8-9,12,17-19H2,1-4H3,(H,31,36)(H,33,38)(H,34,37)/t24-,25-,26-/m0/s1. The molecule has 2 aromatic rings. The predicted molar refractivity (Wildman–Crippen MR) is 150 cm³/mol. The van der Waals surface area contributed by atoms with Gasteiger partial charge in [0.25, 0.3) is 0 Å². The first kappa shape index (κ1) is 30.8. The first-order valence-electron chi connectivity index (χ1n) is 13.3. The molecular weight excluding hydrogens is 482 g/mol. The molecule has 208 valence electrons. The van der Waals surface area contributed by atoms with Gasteiger partial charge in [0.1, 0.15) is 17.8 Å². The van der Waals surface area contributed by atoms with Gasteiger partial charge in [-0.15, -0.1) is 0 Å². The molecule has 0 saturated carbocycles. The molecule has 38 heavy (non-hydrogen) atoms. The summed E-state index contributed by atoms with van der Waals surface area (Å²) in [6.07, 6.45) is 2.78. The molecular formula is C29H43N5O4. The Balaban J connectivity index is 2.14. The number of hydrogen-bond acceptors (Lipinski definition) is 6. The number of phenols is 1. The summed E-state index contributed by atoms with van der Waals surface area (Å²) in [7, 11) is 3.25. The fourth-order valence-electron chi connectivity index (χ4n) is 4.10. The highest BCUT2D eigenvalue weighted by atomic mass is 16.3. The molecule has 0 bridgehead atoms. The van der Waals surface area contributed by atoms with E-state index >= 15 is 0 Å². The van der Waals surface area contributed by atoms with Crippen molar-refractivity contribution >= 4 is 17.7 Å². The molecule has 0 spiro atoms. The lowest BCUT2D eigenvalue weighted by Crippen LogP contribution is -2.56. The third-order valence-corrected chi connectivity index (χ3v) is 6.31. The van der Waals surface area contributed by atoms with E-state index < -0.39 is 24.0 Å². The zero-order chi connectivity index (χ0) is 27.9. The van der Waals surface area contributed by atoms with Crippen LogP contribution in [-0.2, 0) is 27.2 Å². The van der Waals surface area contributed by atoms with Crippen LogP contribution in [-0.4, -0.2) is 67.6 Å². The Morgan fingerprint density at radius 3 is 1.92 bits per heavy atom. The number of carbonyl (C=O) groups is 3. The normalized spacial score (nSPS) is 13.4. The van der Waals surface area contributed by atoms with Crippen molar-refractivity contribution in [2.75, 3.05) is 20.6 Å². The van der Waals surface area contributed by atoms with Gasteiger partial charge in [-0.25, -0.2) is 0 Å². The van der Waals surface area contributed by atoms with E-state index in [1.807, 2.05) is 30.3 Å². The van der Waals surface area contributed by atoms with Crippen molar-refractivity contribution < 1.29 is 19.5 Å². The number of aromatic hydroxyl groups is 1. The minimum Gasteiger partial charge on any atom is -0.508 e. The van der Waals surface area contributed by atoms with Crippen LogP contribution in [0.25, 0.3) is 0 Å². The number of amides is 3. The number of nitrogens with one attached hydrogen (secondary N) is 5. The zero-order valence-corrected chi connectivity index (χ0v) is 22.9. The maximum absolute atomic E-state index is 13.4. The fraction of sp³-hybridized carbons (Fsp3) is 0.483. The van der Waals surface area contributed by atoms with Gasteiger partial charge in [0.2, 0.25) is 17.7 Å². The predicted octanol–water partition coefficient (Wildman–Crippen LogP) is 1.65. The second-order valence-electron chi connectivity index (χ2n) is 9.74. The van der Waals surface area contributed by atoms with E-state index in [2.05, 4.69) is 40.4 Å². The number of carbonyl (C=O) groups excluding carboxylic acids is 3. The highest BCUT2D eigenvalue weighted by molar-refractivity contribution is 5.93. The molecule has 9 heteroatoms. The van der Waals surface area contributed by atoms with Gasteiger partial charge in [0.15, 0.2) is 0 Å². The molecule has 3 amide bonds. The van der Waals surface area contributed by atoms with E-state index in [9.17, 15) is 19.5 Å². The van der Waals surface area contributed by atoms with Crippen LogP contribution >= 0.6 is 0 Å². The molecule has 0 aliphatic heterocycles. The number of hydrogen-bond donors (Lipinski definition) is 6. The van der Waals surface area contributed by atoms with Gasteiger partial charge in [-0.1, -0.05) is 56.3 Å². The van der Waals surface area contributed by atoms with Crippen LogP contribution in [0, 0.1) is 0 Å². The monoisotopic (exact) mass is 525 g/mol. The molecule has 0 aliphatic rings. The summed E-state index contributed by atoms with van der Waals surface area (Å²) in [5, 5.41) is 24.4. The molecule has 0 saturated heterocycles. The molecule has 6 N–H and O–H groups in total. The van der Waals surface area contributed by atoms with Crippen LogP contribution in [0.1, 0.15) is 44.2 Å². The maximum atomic E-state index is 13.4. The lowest BCUT2D eigenvalue weighted by molar-refractivity contribution is -0.132. The average molecular weight is 526 g/mol. The zero-order valence-electron chi connectivity index (χ0n) is 22.9. The molecule has 0 unspecified atom stereocenters. The van der Waals surface area contributed by atoms with Crippen molar-refractivity contribution in [3.8, 4) is 5.75 Å². The second-order valence-corrected chi connectivity index (χ2v) is 9.74. The summed E-state index contributed by atoms with van der Waals surface area (Å²) >= 11 is 0. The number of rotatable bonds is 16. The summed E-state index contributed by atoms with van der Waals surface area (Å²) in [5.41, 5.74) is 1.76. The van der Waals surface area contributed by atoms with E-state index in [0.717, 1.165) is 30.5 Å². The Kier molecular flexibility index (Phi) is 13.3. The minimum atomic E-state index is -0.909. The Morgan fingerprint density at radius 1 is 0.737 bits per heavy atom. The molecule has 9 nitrogen and oxygen atoms in total. The first-order chi connectivity index (χ1) is 18.2. The SMILES string of the molecule is CNC(=O)[C@H](CCCCNC(C)C)NC(=O)[C@H](Cc1ccc(O)cc1)NC(=O)[C@H](Cc1ccccc1)NC. The third kappa shape index (κ3) is 10.9. The molecule has 0 aliphatic carbocycles. The second kappa shape index (κ2) is 16.4. The number of phenolic OH excluding ortho intramolecular Hbond substituents is 1. The summed E-state index contributed by atoms with van der Waals surface area (Å²) in [5.74, 6) is -0.910. The highest BCUT2D eigenvalue weighted by Gasteiger charge is 2.28. The van der Waals surface area contributed by atoms with E-state index in [4.69, 9.17) is 0 Å². The van der Waals surface area contributed by atoms with E-state index in [1.54, 1.807) is 26.2 Å². The molecule has 0 radical (unpaired) electrons. The summed E-state index contributed by atoms with van der Waals surface area (Å²) < 4.78 is 0. The van der Waals surface area contributed by atoms with E-state index in [-0.39, 0.29) is 24.0 Å². The smallest absolute Gasteiger partial charge is 0.243 e. The maximum Gasteiger partial charge on any atom is 0.243 e. The van der Waals surface area contributed by atoms with Gasteiger partial charge in [-0.3, -0.25) is 14.4 Å². The van der Waals surface area contributed by atoms with Gasteiger partial charge in [-0.2, -0.15) is 0 Å². The molecule has 3 atom stereocenters. The largest absolute Gasteiger partial charge is 0.508 e. The number of unbranched alkanes of at least 4 members (excludes halogenated alkanes) is 1. The Morgan fingerprint density at radius 2 is 1.32 bits per heavy atom. The van der Waals surface area contributed by atoms with Gasteiger partial charge in [-0.05, 0) is 62.5 Å². The number of benzene rings is 2. The van der Waals surface area contributed by atoms with Crippen molar-refractivity contribution in [3.05, 3.63) is 65.7 Å². The van der Waals surface area contributed by atoms with Crippen molar-refractivity contribution in [2.45, 2.75) is 70.1 Å². The topological polar surface area (TPSA) is 132 Å². The van der Waals surface area contributed by atoms with Crippen LogP contribution < -0.4 is 26.6 Å². The molecule has 2 aromatic carbocycles. The van der Waals surface area contributed by atoms with Gasteiger partial charge < -0.3 is 31.7 Å². The highest BCUT2D eigenvalue weighted by Crippen LogP contribution is 2.13. The van der Waals surface area contributed by atoms with Crippen LogP contribution in [0.2, 0.25) is 0 Å². The summed E-state index contributed by atoms with van der Waals surface area (Å²) in [6, 6.07) is 14.4. The van der Waals surface area contributed by atoms with E-state index in [1.165, 1.54) is 12.1 Å². The quantitative estimate of drug-likeness (QED) is 0.185. The average Bonchev–Trinajstić information content (AvgIpc) is 2.91. The minimum absolute atomic E-state index is 0.114. The lowest BCUT2D eigenvalue weighted by Gasteiger charge is -2.25. The lowest BCUT2D eigenvalue weighted by atomic mass is 10.0. The third-order valence-electron chi connectivity index (χ3n) is 6.31. The van der Waals surface area contributed by atoms with Crippen molar-refractivity contribution in [3.63, 3.8) is 0 Å². The van der Waals surface area contributed by atoms with Gasteiger partial charge >= 0.3 is 0 Å². The van der Waals surface area contributed by atoms with Crippen LogP contribution in [0.5, 0.6) is 5.75 Å². The number of likely N-dealkylation sites (N-methyl/N-ethyl adjacent to an activating group) is 2. The Labute approximate surface area is 226 Å². The Bertz CT molecular complexity index is 998. The van der Waals surface area contributed by atoms with Crippen LogP contribution in [0.3, 0.4) is 0 Å². The van der Waals surface area contributed by atoms with Gasteiger partial charge in [0.05, 0.1) is 6.04 Å².